The summed E-state index contributed by atoms with van der Waals surface area (Å²) in [6.07, 6.45) is 3.48. The maximum atomic E-state index is 11.2. The zero-order valence-electron chi connectivity index (χ0n) is 9.36. The summed E-state index contributed by atoms with van der Waals surface area (Å²) in [5, 5.41) is 12.5. The van der Waals surface area contributed by atoms with Gasteiger partial charge in [0.25, 0.3) is 0 Å². The van der Waals surface area contributed by atoms with Crippen LogP contribution in [-0.4, -0.2) is 35.8 Å². The molecule has 0 amide bonds. The number of hydrogen-bond acceptors (Lipinski definition) is 3. The van der Waals surface area contributed by atoms with E-state index >= 15 is 0 Å². The Hall–Kier alpha value is -0.320. The molecule has 1 saturated carbocycles. The van der Waals surface area contributed by atoms with Crippen molar-refractivity contribution in [1.29, 1.82) is 0 Å². The molecule has 1 aliphatic heterocycles. The fourth-order valence-corrected chi connectivity index (χ4v) is 3.37. The first-order chi connectivity index (χ1) is 7.61. The number of carbonyl (C=O) groups is 1. The number of halogens is 1. The number of fused-ring (bicyclic) bond motifs is 1. The molecular formula is C11H18ClNO3. The Bertz CT molecular complexity index is 274. The summed E-state index contributed by atoms with van der Waals surface area (Å²) in [5.41, 5.74) is -0.207. The predicted octanol–water partition coefficient (Wildman–Crippen LogP) is 1.43. The molecule has 92 valence electrons. The van der Waals surface area contributed by atoms with E-state index in [1.165, 1.54) is 0 Å². The Morgan fingerprint density at radius 3 is 2.81 bits per heavy atom. The van der Waals surface area contributed by atoms with Crippen molar-refractivity contribution in [2.45, 2.75) is 43.3 Å². The normalized spacial score (nSPS) is 43.8. The van der Waals surface area contributed by atoms with E-state index in [1.54, 1.807) is 7.11 Å². The highest BCUT2D eigenvalue weighted by atomic mass is 35.5. The van der Waals surface area contributed by atoms with Crippen molar-refractivity contribution in [3.63, 3.8) is 0 Å². The van der Waals surface area contributed by atoms with Crippen LogP contribution in [0.15, 0.2) is 0 Å². The van der Waals surface area contributed by atoms with Crippen LogP contribution < -0.4 is 5.32 Å². The van der Waals surface area contributed by atoms with Gasteiger partial charge < -0.3 is 9.84 Å². The number of carboxylic acid groups (broad SMARTS) is 1. The Labute approximate surface area is 100 Å². The van der Waals surface area contributed by atoms with Gasteiger partial charge in [0.15, 0.2) is 0 Å². The Morgan fingerprint density at radius 1 is 1.44 bits per heavy atom. The quantitative estimate of drug-likeness (QED) is 0.573. The van der Waals surface area contributed by atoms with Crippen LogP contribution in [0, 0.1) is 11.8 Å². The van der Waals surface area contributed by atoms with Gasteiger partial charge in [0.1, 0.15) is 0 Å². The maximum Gasteiger partial charge on any atom is 0.306 e. The van der Waals surface area contributed by atoms with Gasteiger partial charge in [-0.3, -0.25) is 10.1 Å². The molecule has 2 fully saturated rings. The number of rotatable bonds is 2. The number of ether oxygens (including phenoxy) is 1. The lowest BCUT2D eigenvalue weighted by molar-refractivity contribution is -0.147. The monoisotopic (exact) mass is 247 g/mol. The summed E-state index contributed by atoms with van der Waals surface area (Å²) >= 11 is 6.04. The standard InChI is InChI=1S/C11H18ClNO3/c1-16-6-2-3-9-7(4-6)8(11(14)15)5-10(12)13-9/h6-10,13H,2-5H2,1H3,(H,14,15)/t6-,7-,8-,9+,10+/m1/s1. The minimum absolute atomic E-state index is 0.159. The molecule has 1 aliphatic carbocycles. The van der Waals surface area contributed by atoms with Crippen LogP contribution in [0.25, 0.3) is 0 Å². The third-order valence-electron chi connectivity index (χ3n) is 3.87. The van der Waals surface area contributed by atoms with Crippen molar-refractivity contribution >= 4 is 17.6 Å². The average molecular weight is 248 g/mol. The summed E-state index contributed by atoms with van der Waals surface area (Å²) < 4.78 is 5.34. The summed E-state index contributed by atoms with van der Waals surface area (Å²) in [5.74, 6) is -0.892. The molecule has 0 spiro atoms. The van der Waals surface area contributed by atoms with Gasteiger partial charge in [-0.15, -0.1) is 11.6 Å². The molecule has 0 unspecified atom stereocenters. The molecule has 16 heavy (non-hydrogen) atoms. The zero-order valence-corrected chi connectivity index (χ0v) is 10.1. The van der Waals surface area contributed by atoms with Crippen molar-refractivity contribution in [3.05, 3.63) is 0 Å². The van der Waals surface area contributed by atoms with E-state index in [4.69, 9.17) is 16.3 Å². The number of hydrogen-bond donors (Lipinski definition) is 2. The van der Waals surface area contributed by atoms with E-state index in [0.717, 1.165) is 19.3 Å². The largest absolute Gasteiger partial charge is 0.481 e. The smallest absolute Gasteiger partial charge is 0.306 e. The lowest BCUT2D eigenvalue weighted by atomic mass is 9.72. The third-order valence-corrected chi connectivity index (χ3v) is 4.18. The van der Waals surface area contributed by atoms with Crippen molar-refractivity contribution in [2.24, 2.45) is 11.8 Å². The SMILES string of the molecule is CO[C@@H]1CC[C@@H]2N[C@H](Cl)C[C@@H](C(=O)O)[C@H]2C1. The van der Waals surface area contributed by atoms with Crippen LogP contribution in [0.5, 0.6) is 0 Å². The van der Waals surface area contributed by atoms with Crippen molar-refractivity contribution in [1.82, 2.24) is 5.32 Å². The first-order valence-corrected chi connectivity index (χ1v) is 6.21. The topological polar surface area (TPSA) is 58.6 Å². The Balaban J connectivity index is 2.10. The number of piperidine rings is 1. The lowest BCUT2D eigenvalue weighted by Gasteiger charge is -2.44. The first kappa shape index (κ1) is 12.1. The molecule has 2 aliphatic rings. The predicted molar refractivity (Wildman–Crippen MR) is 60.4 cm³/mol. The van der Waals surface area contributed by atoms with Crippen LogP contribution in [0.4, 0.5) is 0 Å². The molecule has 2 rings (SSSR count). The van der Waals surface area contributed by atoms with E-state index in [-0.39, 0.29) is 29.5 Å². The number of aliphatic carboxylic acids is 1. The fraction of sp³-hybridized carbons (Fsp3) is 0.909. The van der Waals surface area contributed by atoms with Crippen LogP contribution in [0.2, 0.25) is 0 Å². The molecule has 1 saturated heterocycles. The minimum atomic E-state index is -0.723. The minimum Gasteiger partial charge on any atom is -0.481 e. The number of alkyl halides is 1. The Morgan fingerprint density at radius 2 is 2.19 bits per heavy atom. The van der Waals surface area contributed by atoms with Crippen LogP contribution in [0.1, 0.15) is 25.7 Å². The van der Waals surface area contributed by atoms with Gasteiger partial charge in [-0.05, 0) is 31.6 Å². The molecule has 5 atom stereocenters. The molecule has 0 bridgehead atoms. The number of methoxy groups -OCH3 is 1. The van der Waals surface area contributed by atoms with E-state index in [9.17, 15) is 9.90 Å². The Kier molecular flexibility index (Phi) is 3.72. The van der Waals surface area contributed by atoms with Crippen molar-refractivity contribution < 1.29 is 14.6 Å². The molecule has 0 aromatic rings. The zero-order chi connectivity index (χ0) is 11.7. The lowest BCUT2D eigenvalue weighted by Crippen LogP contribution is -2.54. The van der Waals surface area contributed by atoms with Gasteiger partial charge in [0, 0.05) is 13.2 Å². The van der Waals surface area contributed by atoms with Crippen LogP contribution >= 0.6 is 11.6 Å². The highest BCUT2D eigenvalue weighted by molar-refractivity contribution is 6.20. The average Bonchev–Trinajstić information content (AvgIpc) is 2.27. The first-order valence-electron chi connectivity index (χ1n) is 5.77. The molecule has 0 aromatic carbocycles. The third kappa shape index (κ3) is 2.34. The van der Waals surface area contributed by atoms with Crippen molar-refractivity contribution in [2.75, 3.05) is 7.11 Å². The second-order valence-electron chi connectivity index (χ2n) is 4.76. The number of nitrogens with one attached hydrogen (secondary N) is 1. The summed E-state index contributed by atoms with van der Waals surface area (Å²) in [4.78, 5) is 11.2. The van der Waals surface area contributed by atoms with E-state index in [2.05, 4.69) is 5.32 Å². The summed E-state index contributed by atoms with van der Waals surface area (Å²) in [6, 6.07) is 0.240. The maximum absolute atomic E-state index is 11.2. The van der Waals surface area contributed by atoms with Crippen LogP contribution in [-0.2, 0) is 9.53 Å². The molecule has 0 radical (unpaired) electrons. The van der Waals surface area contributed by atoms with Gasteiger partial charge in [-0.25, -0.2) is 0 Å². The molecule has 1 heterocycles. The van der Waals surface area contributed by atoms with Gasteiger partial charge >= 0.3 is 5.97 Å². The summed E-state index contributed by atoms with van der Waals surface area (Å²) in [6.45, 7) is 0. The summed E-state index contributed by atoms with van der Waals surface area (Å²) in [7, 11) is 1.70. The molecule has 4 nitrogen and oxygen atoms in total. The highest BCUT2D eigenvalue weighted by Crippen LogP contribution is 2.38. The van der Waals surface area contributed by atoms with Gasteiger partial charge in [0.2, 0.25) is 0 Å². The highest BCUT2D eigenvalue weighted by Gasteiger charge is 2.43. The van der Waals surface area contributed by atoms with Gasteiger partial charge in [0.05, 0.1) is 17.5 Å². The second kappa shape index (κ2) is 4.90. The number of carboxylic acids is 1. The van der Waals surface area contributed by atoms with E-state index < -0.39 is 5.97 Å². The second-order valence-corrected chi connectivity index (χ2v) is 5.28. The fourth-order valence-electron chi connectivity index (χ4n) is 3.01. The van der Waals surface area contributed by atoms with E-state index in [0.29, 0.717) is 6.42 Å². The molecular weight excluding hydrogens is 230 g/mol. The van der Waals surface area contributed by atoms with Crippen LogP contribution in [0.3, 0.4) is 0 Å². The van der Waals surface area contributed by atoms with Gasteiger partial charge in [-0.1, -0.05) is 0 Å². The van der Waals surface area contributed by atoms with E-state index in [1.807, 2.05) is 0 Å². The van der Waals surface area contributed by atoms with Gasteiger partial charge in [-0.2, -0.15) is 0 Å². The molecule has 0 aromatic heterocycles. The van der Waals surface area contributed by atoms with Crippen molar-refractivity contribution in [3.8, 4) is 0 Å². The molecule has 5 heteroatoms. The molecule has 2 N–H and O–H groups in total.